The van der Waals surface area contributed by atoms with Crippen molar-refractivity contribution in [2.45, 2.75) is 32.4 Å². The summed E-state index contributed by atoms with van der Waals surface area (Å²) in [5.74, 6) is -0.563. The molecular weight excluding hydrogens is 292 g/mol. The predicted octanol–water partition coefficient (Wildman–Crippen LogP) is 0.564. The summed E-state index contributed by atoms with van der Waals surface area (Å²) in [5.41, 5.74) is 7.39. The van der Waals surface area contributed by atoms with E-state index in [4.69, 9.17) is 17.5 Å². The number of amides is 2. The van der Waals surface area contributed by atoms with E-state index in [1.54, 1.807) is 13.8 Å². The summed E-state index contributed by atoms with van der Waals surface area (Å²) in [6.07, 6.45) is 0.701. The van der Waals surface area contributed by atoms with Crippen molar-refractivity contribution in [1.82, 2.24) is 15.5 Å². The van der Waals surface area contributed by atoms with Gasteiger partial charge in [0.1, 0.15) is 6.04 Å². The maximum atomic E-state index is 11.8. The van der Waals surface area contributed by atoms with Crippen LogP contribution in [0.15, 0.2) is 24.3 Å². The molecule has 5 N–H and O–H groups in total. The molecule has 0 saturated carbocycles. The van der Waals surface area contributed by atoms with Gasteiger partial charge in [0, 0.05) is 12.2 Å². The third kappa shape index (κ3) is 6.01. The number of rotatable bonds is 7. The normalized spacial score (nSPS) is 13.3. The molecule has 0 aromatic heterocycles. The first-order chi connectivity index (χ1) is 9.93. The maximum absolute atomic E-state index is 11.8. The highest BCUT2D eigenvalue weighted by atomic mass is 35.5. The van der Waals surface area contributed by atoms with Crippen LogP contribution in [-0.2, 0) is 16.0 Å². The second-order valence-corrected chi connectivity index (χ2v) is 5.06. The molecule has 1 aromatic carbocycles. The van der Waals surface area contributed by atoms with Crippen molar-refractivity contribution in [3.63, 3.8) is 0 Å². The van der Waals surface area contributed by atoms with E-state index in [-0.39, 0.29) is 11.8 Å². The van der Waals surface area contributed by atoms with Crippen LogP contribution in [0, 0.1) is 0 Å². The summed E-state index contributed by atoms with van der Waals surface area (Å²) in [6.45, 7) is 3.72. The molecule has 0 aliphatic carbocycles. The van der Waals surface area contributed by atoms with Gasteiger partial charge >= 0.3 is 0 Å². The smallest absolute Gasteiger partial charge is 0.242 e. The van der Waals surface area contributed by atoms with Gasteiger partial charge in [-0.3, -0.25) is 9.59 Å². The second-order valence-electron chi connectivity index (χ2n) is 4.84. The van der Waals surface area contributed by atoms with Crippen LogP contribution in [0.2, 0.25) is 0 Å². The van der Waals surface area contributed by atoms with Crippen molar-refractivity contribution in [2.24, 2.45) is 0 Å². The quantitative estimate of drug-likeness (QED) is 0.437. The average molecular weight is 313 g/mol. The Morgan fingerprint density at radius 2 is 1.76 bits per heavy atom. The van der Waals surface area contributed by atoms with Crippen molar-refractivity contribution in [2.75, 3.05) is 12.3 Å². The van der Waals surface area contributed by atoms with Crippen molar-refractivity contribution in [3.8, 4) is 0 Å². The number of benzene rings is 1. The van der Waals surface area contributed by atoms with Gasteiger partial charge < -0.3 is 16.4 Å². The number of hydrogen-bond donors (Lipinski definition) is 4. The van der Waals surface area contributed by atoms with Crippen molar-refractivity contribution in [3.05, 3.63) is 29.8 Å². The van der Waals surface area contributed by atoms with Gasteiger partial charge in [-0.15, -0.1) is 0 Å². The monoisotopic (exact) mass is 312 g/mol. The first-order valence-corrected chi connectivity index (χ1v) is 7.10. The minimum absolute atomic E-state index is 0.236. The minimum atomic E-state index is -0.614. The highest BCUT2D eigenvalue weighted by molar-refractivity contribution is 6.15. The SMILES string of the molecule is C[C@@H](NCl)C(=O)N[C@H](C)C(=O)NCCc1ccc(N)cc1. The first kappa shape index (κ1) is 17.3. The Bertz CT molecular complexity index is 478. The van der Waals surface area contributed by atoms with E-state index >= 15 is 0 Å². The number of nitrogen functional groups attached to an aromatic ring is 1. The van der Waals surface area contributed by atoms with Crippen LogP contribution < -0.4 is 21.2 Å². The number of carbonyl (C=O) groups is 2. The molecule has 2 amide bonds. The molecule has 0 bridgehead atoms. The van der Waals surface area contributed by atoms with E-state index in [1.807, 2.05) is 24.3 Å². The molecule has 0 radical (unpaired) electrons. The van der Waals surface area contributed by atoms with Gasteiger partial charge in [0.25, 0.3) is 0 Å². The molecule has 21 heavy (non-hydrogen) atoms. The molecule has 6 nitrogen and oxygen atoms in total. The topological polar surface area (TPSA) is 96.2 Å². The summed E-state index contributed by atoms with van der Waals surface area (Å²) in [4.78, 5) is 25.7. The molecule has 0 fully saturated rings. The molecule has 0 heterocycles. The van der Waals surface area contributed by atoms with Crippen molar-refractivity contribution in [1.29, 1.82) is 0 Å². The number of anilines is 1. The Hall–Kier alpha value is -1.79. The molecule has 2 atom stereocenters. The third-order valence-corrected chi connectivity index (χ3v) is 3.33. The zero-order chi connectivity index (χ0) is 15.8. The highest BCUT2D eigenvalue weighted by Crippen LogP contribution is 2.05. The van der Waals surface area contributed by atoms with Crippen LogP contribution >= 0.6 is 11.8 Å². The van der Waals surface area contributed by atoms with Crippen molar-refractivity contribution >= 4 is 29.3 Å². The van der Waals surface area contributed by atoms with E-state index in [9.17, 15) is 9.59 Å². The molecule has 1 aromatic rings. The Morgan fingerprint density at radius 3 is 2.33 bits per heavy atom. The molecular formula is C14H21ClN4O2. The lowest BCUT2D eigenvalue weighted by Gasteiger charge is -2.16. The zero-order valence-corrected chi connectivity index (χ0v) is 12.9. The Kier molecular flexibility index (Phi) is 6.98. The summed E-state index contributed by atoms with van der Waals surface area (Å²) in [5, 5.41) is 5.34. The Morgan fingerprint density at radius 1 is 1.14 bits per heavy atom. The second kappa shape index (κ2) is 8.49. The van der Waals surface area contributed by atoms with Crippen LogP contribution in [-0.4, -0.2) is 30.4 Å². The summed E-state index contributed by atoms with van der Waals surface area (Å²) >= 11 is 5.35. The van der Waals surface area contributed by atoms with Crippen LogP contribution in [0.3, 0.4) is 0 Å². The fraction of sp³-hybridized carbons (Fsp3) is 0.429. The maximum Gasteiger partial charge on any atom is 0.242 e. The van der Waals surface area contributed by atoms with E-state index in [2.05, 4.69) is 15.5 Å². The fourth-order valence-electron chi connectivity index (χ4n) is 1.62. The summed E-state index contributed by atoms with van der Waals surface area (Å²) in [6, 6.07) is 6.30. The predicted molar refractivity (Wildman–Crippen MR) is 83.6 cm³/mol. The fourth-order valence-corrected chi connectivity index (χ4v) is 1.72. The van der Waals surface area contributed by atoms with Gasteiger partial charge in [-0.2, -0.15) is 0 Å². The van der Waals surface area contributed by atoms with E-state index in [0.717, 1.165) is 5.56 Å². The van der Waals surface area contributed by atoms with Gasteiger partial charge in [0.2, 0.25) is 11.8 Å². The largest absolute Gasteiger partial charge is 0.399 e. The summed E-state index contributed by atoms with van der Waals surface area (Å²) < 4.78 is 0. The Labute approximate surface area is 129 Å². The number of carbonyl (C=O) groups excluding carboxylic acids is 2. The van der Waals surface area contributed by atoms with Crippen LogP contribution in [0.4, 0.5) is 5.69 Å². The van der Waals surface area contributed by atoms with Gasteiger partial charge in [-0.05, 0) is 49.7 Å². The molecule has 0 spiro atoms. The van der Waals surface area contributed by atoms with Gasteiger partial charge in [-0.25, -0.2) is 4.84 Å². The van der Waals surface area contributed by atoms with Gasteiger partial charge in [0.15, 0.2) is 0 Å². The molecule has 0 saturated heterocycles. The van der Waals surface area contributed by atoms with Crippen molar-refractivity contribution < 1.29 is 9.59 Å². The van der Waals surface area contributed by atoms with Gasteiger partial charge in [-0.1, -0.05) is 12.1 Å². The van der Waals surface area contributed by atoms with E-state index in [1.165, 1.54) is 0 Å². The molecule has 0 aliphatic heterocycles. The van der Waals surface area contributed by atoms with Crippen LogP contribution in [0.5, 0.6) is 0 Å². The van der Waals surface area contributed by atoms with Gasteiger partial charge in [0.05, 0.1) is 6.04 Å². The Balaban J connectivity index is 2.32. The highest BCUT2D eigenvalue weighted by Gasteiger charge is 2.18. The average Bonchev–Trinajstić information content (AvgIpc) is 2.48. The molecule has 7 heteroatoms. The minimum Gasteiger partial charge on any atom is -0.399 e. The summed E-state index contributed by atoms with van der Waals surface area (Å²) in [7, 11) is 0. The number of nitrogens with two attached hydrogens (primary N) is 1. The molecule has 0 aliphatic rings. The standard InChI is InChI=1S/C14H21ClN4O2/c1-9(18-14(21)10(2)19-15)13(20)17-8-7-11-3-5-12(16)6-4-11/h3-6,9-10,19H,7-8,16H2,1-2H3,(H,17,20)(H,18,21)/t9-,10-/m1/s1. The van der Waals surface area contributed by atoms with E-state index < -0.39 is 12.1 Å². The lowest BCUT2D eigenvalue weighted by atomic mass is 10.1. The third-order valence-electron chi connectivity index (χ3n) is 3.00. The molecule has 0 unspecified atom stereocenters. The van der Waals surface area contributed by atoms with E-state index in [0.29, 0.717) is 18.7 Å². The number of halogens is 1. The number of nitrogens with one attached hydrogen (secondary N) is 3. The lowest BCUT2D eigenvalue weighted by molar-refractivity contribution is -0.129. The van der Waals surface area contributed by atoms with Crippen LogP contribution in [0.25, 0.3) is 0 Å². The lowest BCUT2D eigenvalue weighted by Crippen LogP contribution is -2.49. The molecule has 1 rings (SSSR count). The van der Waals surface area contributed by atoms with Crippen LogP contribution in [0.1, 0.15) is 19.4 Å². The first-order valence-electron chi connectivity index (χ1n) is 6.72. The zero-order valence-electron chi connectivity index (χ0n) is 12.2. The molecule has 116 valence electrons. The number of hydrogen-bond acceptors (Lipinski definition) is 4.